The van der Waals surface area contributed by atoms with Gasteiger partial charge in [-0.15, -0.1) is 0 Å². The minimum absolute atomic E-state index is 0.0536. The first-order valence-electron chi connectivity index (χ1n) is 7.63. The van der Waals surface area contributed by atoms with Crippen LogP contribution in [0.5, 0.6) is 0 Å². The Hall–Kier alpha value is -2.05. The van der Waals surface area contributed by atoms with Crippen molar-refractivity contribution in [3.05, 3.63) is 59.1 Å². The molecule has 1 aliphatic rings. The molecule has 1 fully saturated rings. The lowest BCUT2D eigenvalue weighted by molar-refractivity contribution is 0.0792. The Morgan fingerprint density at radius 3 is 2.12 bits per heavy atom. The molecule has 0 spiro atoms. The van der Waals surface area contributed by atoms with E-state index >= 15 is 0 Å². The average molecular weight is 365 g/mol. The van der Waals surface area contributed by atoms with Crippen LogP contribution in [-0.4, -0.2) is 32.3 Å². The highest BCUT2D eigenvalue weighted by Gasteiger charge is 2.20. The highest BCUT2D eigenvalue weighted by Crippen LogP contribution is 2.20. The average Bonchev–Trinajstić information content (AvgIpc) is 3.11. The zero-order valence-electron chi connectivity index (χ0n) is 12.9. The fourth-order valence-electron chi connectivity index (χ4n) is 2.61. The van der Waals surface area contributed by atoms with Crippen molar-refractivity contribution in [3.8, 4) is 0 Å². The summed E-state index contributed by atoms with van der Waals surface area (Å²) in [5.74, 6) is -0.0536. The first kappa shape index (κ1) is 16.8. The monoisotopic (exact) mass is 364 g/mol. The van der Waals surface area contributed by atoms with Gasteiger partial charge < -0.3 is 4.90 Å². The Balaban J connectivity index is 1.76. The second-order valence-electron chi connectivity index (χ2n) is 5.64. The van der Waals surface area contributed by atoms with E-state index in [0.717, 1.165) is 25.9 Å². The standard InChI is InChI=1S/C17H17ClN2O3S/c18-14-5-7-15(8-6-14)19-24(22,23)16-9-3-13(4-10-16)17(21)20-11-1-2-12-20/h3-10,19H,1-2,11-12H2. The lowest BCUT2D eigenvalue weighted by atomic mass is 10.2. The number of sulfonamides is 1. The van der Waals surface area contributed by atoms with Crippen molar-refractivity contribution < 1.29 is 13.2 Å². The number of amides is 1. The van der Waals surface area contributed by atoms with Crippen LogP contribution in [0.15, 0.2) is 53.4 Å². The van der Waals surface area contributed by atoms with Crippen LogP contribution in [-0.2, 0) is 10.0 Å². The molecule has 1 saturated heterocycles. The number of anilines is 1. The summed E-state index contributed by atoms with van der Waals surface area (Å²) in [4.78, 5) is 14.2. The third kappa shape index (κ3) is 3.71. The molecule has 0 radical (unpaired) electrons. The summed E-state index contributed by atoms with van der Waals surface area (Å²) in [7, 11) is -3.71. The molecule has 2 aromatic rings. The van der Waals surface area contributed by atoms with Crippen LogP contribution >= 0.6 is 11.6 Å². The van der Waals surface area contributed by atoms with Gasteiger partial charge in [0.15, 0.2) is 0 Å². The second kappa shape index (κ2) is 6.83. The number of hydrogen-bond donors (Lipinski definition) is 1. The molecule has 1 aliphatic heterocycles. The van der Waals surface area contributed by atoms with Crippen molar-refractivity contribution in [1.29, 1.82) is 0 Å². The normalized spacial score (nSPS) is 14.6. The summed E-state index contributed by atoms with van der Waals surface area (Å²) < 4.78 is 27.3. The van der Waals surface area contributed by atoms with E-state index in [0.29, 0.717) is 16.3 Å². The molecule has 2 aromatic carbocycles. The number of carbonyl (C=O) groups excluding carboxylic acids is 1. The van der Waals surface area contributed by atoms with E-state index in [4.69, 9.17) is 11.6 Å². The maximum absolute atomic E-state index is 12.4. The van der Waals surface area contributed by atoms with Gasteiger partial charge in [0.05, 0.1) is 4.90 Å². The first-order valence-corrected chi connectivity index (χ1v) is 9.49. The van der Waals surface area contributed by atoms with Gasteiger partial charge in [-0.2, -0.15) is 0 Å². The summed E-state index contributed by atoms with van der Waals surface area (Å²) in [6.45, 7) is 1.52. The number of likely N-dealkylation sites (tertiary alicyclic amines) is 1. The summed E-state index contributed by atoms with van der Waals surface area (Å²) in [5.41, 5.74) is 0.930. The first-order chi connectivity index (χ1) is 11.5. The quantitative estimate of drug-likeness (QED) is 0.904. The molecule has 1 N–H and O–H groups in total. The van der Waals surface area contributed by atoms with E-state index in [1.165, 1.54) is 12.1 Å². The molecule has 3 rings (SSSR count). The SMILES string of the molecule is O=C(c1ccc(S(=O)(=O)Nc2ccc(Cl)cc2)cc1)N1CCCC1. The topological polar surface area (TPSA) is 66.5 Å². The van der Waals surface area contributed by atoms with Crippen LogP contribution in [0, 0.1) is 0 Å². The fourth-order valence-corrected chi connectivity index (χ4v) is 3.80. The summed E-state index contributed by atoms with van der Waals surface area (Å²) in [5, 5.41) is 0.530. The fraction of sp³-hybridized carbons (Fsp3) is 0.235. The van der Waals surface area contributed by atoms with Crippen LogP contribution in [0.3, 0.4) is 0 Å². The van der Waals surface area contributed by atoms with Crippen molar-refractivity contribution in [1.82, 2.24) is 4.90 Å². The van der Waals surface area contributed by atoms with E-state index in [1.54, 1.807) is 41.3 Å². The predicted octanol–water partition coefficient (Wildman–Crippen LogP) is 3.38. The highest BCUT2D eigenvalue weighted by molar-refractivity contribution is 7.92. The number of nitrogens with one attached hydrogen (secondary N) is 1. The molecule has 0 saturated carbocycles. The van der Waals surface area contributed by atoms with Gasteiger partial charge >= 0.3 is 0 Å². The van der Waals surface area contributed by atoms with Gasteiger partial charge in [0.1, 0.15) is 0 Å². The smallest absolute Gasteiger partial charge is 0.261 e. The number of rotatable bonds is 4. The van der Waals surface area contributed by atoms with Crippen LogP contribution in [0.1, 0.15) is 23.2 Å². The summed E-state index contributed by atoms with van der Waals surface area (Å²) in [6, 6.07) is 12.4. The lowest BCUT2D eigenvalue weighted by Gasteiger charge is -2.15. The maximum Gasteiger partial charge on any atom is 0.261 e. The number of hydrogen-bond acceptors (Lipinski definition) is 3. The van der Waals surface area contributed by atoms with Crippen molar-refractivity contribution in [3.63, 3.8) is 0 Å². The predicted molar refractivity (Wildman–Crippen MR) is 93.8 cm³/mol. The van der Waals surface area contributed by atoms with Gasteiger partial charge in [-0.1, -0.05) is 11.6 Å². The number of carbonyl (C=O) groups is 1. The Kier molecular flexibility index (Phi) is 4.78. The van der Waals surface area contributed by atoms with E-state index in [9.17, 15) is 13.2 Å². The van der Waals surface area contributed by atoms with Crippen molar-refractivity contribution >= 4 is 33.2 Å². The molecule has 0 unspecified atom stereocenters. The molecule has 1 heterocycles. The molecule has 0 atom stereocenters. The third-order valence-electron chi connectivity index (χ3n) is 3.90. The molecule has 0 aliphatic carbocycles. The van der Waals surface area contributed by atoms with Crippen LogP contribution in [0.2, 0.25) is 5.02 Å². The van der Waals surface area contributed by atoms with E-state index in [-0.39, 0.29) is 10.8 Å². The Morgan fingerprint density at radius 2 is 1.54 bits per heavy atom. The Bertz CT molecular complexity index is 827. The molecular formula is C17H17ClN2O3S. The van der Waals surface area contributed by atoms with Crippen LogP contribution < -0.4 is 4.72 Å². The van der Waals surface area contributed by atoms with Gasteiger partial charge in [-0.25, -0.2) is 8.42 Å². The maximum atomic E-state index is 12.4. The molecule has 0 bridgehead atoms. The third-order valence-corrected chi connectivity index (χ3v) is 5.55. The summed E-state index contributed by atoms with van der Waals surface area (Å²) in [6.07, 6.45) is 2.03. The summed E-state index contributed by atoms with van der Waals surface area (Å²) >= 11 is 5.79. The van der Waals surface area contributed by atoms with Gasteiger partial charge in [0.2, 0.25) is 0 Å². The molecule has 7 heteroatoms. The lowest BCUT2D eigenvalue weighted by Crippen LogP contribution is -2.27. The molecule has 5 nitrogen and oxygen atoms in total. The van der Waals surface area contributed by atoms with E-state index < -0.39 is 10.0 Å². The Labute approximate surface area is 146 Å². The largest absolute Gasteiger partial charge is 0.339 e. The molecule has 24 heavy (non-hydrogen) atoms. The van der Waals surface area contributed by atoms with Crippen LogP contribution in [0.25, 0.3) is 0 Å². The minimum atomic E-state index is -3.71. The number of nitrogens with zero attached hydrogens (tertiary/aromatic N) is 1. The zero-order valence-corrected chi connectivity index (χ0v) is 14.5. The van der Waals surface area contributed by atoms with E-state index in [1.807, 2.05) is 0 Å². The Morgan fingerprint density at radius 1 is 0.958 bits per heavy atom. The van der Waals surface area contributed by atoms with Gasteiger partial charge in [0, 0.05) is 29.4 Å². The molecule has 0 aromatic heterocycles. The van der Waals surface area contributed by atoms with E-state index in [2.05, 4.69) is 4.72 Å². The van der Waals surface area contributed by atoms with Crippen LogP contribution in [0.4, 0.5) is 5.69 Å². The zero-order chi connectivity index (χ0) is 17.2. The molecule has 126 valence electrons. The number of halogens is 1. The van der Waals surface area contributed by atoms with Crippen molar-refractivity contribution in [2.75, 3.05) is 17.8 Å². The highest BCUT2D eigenvalue weighted by atomic mass is 35.5. The molecule has 1 amide bonds. The van der Waals surface area contributed by atoms with Crippen molar-refractivity contribution in [2.24, 2.45) is 0 Å². The van der Waals surface area contributed by atoms with Gasteiger partial charge in [0.25, 0.3) is 15.9 Å². The van der Waals surface area contributed by atoms with Gasteiger partial charge in [-0.05, 0) is 61.4 Å². The second-order valence-corrected chi connectivity index (χ2v) is 7.75. The van der Waals surface area contributed by atoms with Crippen molar-refractivity contribution in [2.45, 2.75) is 17.7 Å². The number of benzene rings is 2. The minimum Gasteiger partial charge on any atom is -0.339 e. The molecular weight excluding hydrogens is 348 g/mol. The van der Waals surface area contributed by atoms with Gasteiger partial charge in [-0.3, -0.25) is 9.52 Å².